The number of benzene rings is 1. The van der Waals surface area contributed by atoms with E-state index in [1.807, 2.05) is 35.7 Å². The fourth-order valence-electron chi connectivity index (χ4n) is 1.22. The molecule has 0 spiro atoms. The average molecular weight is 356 g/mol. The highest BCUT2D eigenvalue weighted by Gasteiger charge is 2.07. The van der Waals surface area contributed by atoms with Gasteiger partial charge in [-0.1, -0.05) is 18.2 Å². The van der Waals surface area contributed by atoms with E-state index in [2.05, 4.69) is 33.1 Å². The molecule has 0 bridgehead atoms. The van der Waals surface area contributed by atoms with E-state index in [1.165, 1.54) is 0 Å². The van der Waals surface area contributed by atoms with Crippen LogP contribution in [0.2, 0.25) is 0 Å². The molecule has 1 aromatic heterocycles. The Morgan fingerprint density at radius 2 is 2.12 bits per heavy atom. The van der Waals surface area contributed by atoms with Crippen molar-refractivity contribution < 1.29 is 4.79 Å². The summed E-state index contributed by atoms with van der Waals surface area (Å²) >= 11 is 3.70. The summed E-state index contributed by atoms with van der Waals surface area (Å²) in [7, 11) is 0. The van der Waals surface area contributed by atoms with Gasteiger partial charge in [0.2, 0.25) is 0 Å². The van der Waals surface area contributed by atoms with Crippen molar-refractivity contribution in [3.05, 3.63) is 55.8 Å². The standard InChI is InChI=1S/C12H9IN2OS/c13-11-6-2-1-5-10(11)12(16)15-14-8-9-4-3-7-17-9/h1-8H,(H,15,16)/b14-8-. The molecular formula is C12H9IN2OS. The molecule has 5 heteroatoms. The Balaban J connectivity index is 2.01. The van der Waals surface area contributed by atoms with Gasteiger partial charge in [-0.3, -0.25) is 4.79 Å². The minimum atomic E-state index is -0.192. The Morgan fingerprint density at radius 3 is 2.82 bits per heavy atom. The van der Waals surface area contributed by atoms with Crippen molar-refractivity contribution in [1.29, 1.82) is 0 Å². The Hall–Kier alpha value is -1.21. The van der Waals surface area contributed by atoms with Crippen molar-refractivity contribution >= 4 is 46.0 Å². The quantitative estimate of drug-likeness (QED) is 0.513. The third-order valence-electron chi connectivity index (χ3n) is 2.02. The van der Waals surface area contributed by atoms with Crippen LogP contribution in [0.25, 0.3) is 0 Å². The Kier molecular flexibility index (Phi) is 4.27. The first-order valence-electron chi connectivity index (χ1n) is 4.89. The van der Waals surface area contributed by atoms with Crippen LogP contribution in [-0.2, 0) is 0 Å². The van der Waals surface area contributed by atoms with Gasteiger partial charge in [0.1, 0.15) is 0 Å². The van der Waals surface area contributed by atoms with Gasteiger partial charge in [-0.05, 0) is 46.2 Å². The molecule has 0 aliphatic carbocycles. The van der Waals surface area contributed by atoms with Gasteiger partial charge in [-0.25, -0.2) is 5.43 Å². The number of nitrogens with zero attached hydrogens (tertiary/aromatic N) is 1. The highest BCUT2D eigenvalue weighted by Crippen LogP contribution is 2.11. The summed E-state index contributed by atoms with van der Waals surface area (Å²) < 4.78 is 0.911. The zero-order chi connectivity index (χ0) is 12.1. The maximum atomic E-state index is 11.8. The molecule has 0 unspecified atom stereocenters. The first kappa shape index (κ1) is 12.3. The smallest absolute Gasteiger partial charge is 0.267 e. The number of nitrogens with one attached hydrogen (secondary N) is 1. The van der Waals surface area contributed by atoms with Crippen LogP contribution in [0.15, 0.2) is 46.9 Å². The van der Waals surface area contributed by atoms with Gasteiger partial charge in [0.05, 0.1) is 11.8 Å². The predicted octanol–water partition coefficient (Wildman–Crippen LogP) is 3.12. The van der Waals surface area contributed by atoms with Gasteiger partial charge in [0.15, 0.2) is 0 Å². The largest absolute Gasteiger partial charge is 0.272 e. The molecule has 1 aromatic carbocycles. The summed E-state index contributed by atoms with van der Waals surface area (Å²) in [5, 5.41) is 5.88. The second-order valence-electron chi connectivity index (χ2n) is 3.19. The molecule has 17 heavy (non-hydrogen) atoms. The van der Waals surface area contributed by atoms with E-state index >= 15 is 0 Å². The highest BCUT2D eigenvalue weighted by atomic mass is 127. The Labute approximate surface area is 117 Å². The predicted molar refractivity (Wildman–Crippen MR) is 78.5 cm³/mol. The number of hydrogen-bond acceptors (Lipinski definition) is 3. The second kappa shape index (κ2) is 5.92. The number of hydrogen-bond donors (Lipinski definition) is 1. The van der Waals surface area contributed by atoms with E-state index in [9.17, 15) is 4.79 Å². The average Bonchev–Trinajstić information content (AvgIpc) is 2.82. The summed E-state index contributed by atoms with van der Waals surface area (Å²) in [4.78, 5) is 12.8. The van der Waals surface area contributed by atoms with Crippen LogP contribution < -0.4 is 5.43 Å². The topological polar surface area (TPSA) is 41.5 Å². The van der Waals surface area contributed by atoms with Gasteiger partial charge < -0.3 is 0 Å². The van der Waals surface area contributed by atoms with Crippen molar-refractivity contribution in [2.45, 2.75) is 0 Å². The summed E-state index contributed by atoms with van der Waals surface area (Å²) in [5.74, 6) is -0.192. The van der Waals surface area contributed by atoms with Crippen LogP contribution in [0.1, 0.15) is 15.2 Å². The van der Waals surface area contributed by atoms with Gasteiger partial charge in [-0.15, -0.1) is 11.3 Å². The lowest BCUT2D eigenvalue weighted by atomic mass is 10.2. The van der Waals surface area contributed by atoms with Crippen LogP contribution >= 0.6 is 33.9 Å². The summed E-state index contributed by atoms with van der Waals surface area (Å²) in [6, 6.07) is 11.3. The number of carbonyl (C=O) groups excluding carboxylic acids is 1. The number of halogens is 1. The molecule has 0 aliphatic rings. The molecule has 1 amide bonds. The van der Waals surface area contributed by atoms with E-state index in [0.29, 0.717) is 5.56 Å². The van der Waals surface area contributed by atoms with E-state index < -0.39 is 0 Å². The van der Waals surface area contributed by atoms with Gasteiger partial charge in [0, 0.05) is 8.45 Å². The zero-order valence-corrected chi connectivity index (χ0v) is 11.7. The molecule has 3 nitrogen and oxygen atoms in total. The van der Waals surface area contributed by atoms with Gasteiger partial charge in [-0.2, -0.15) is 5.10 Å². The maximum absolute atomic E-state index is 11.8. The summed E-state index contributed by atoms with van der Waals surface area (Å²) in [6.45, 7) is 0. The third-order valence-corrected chi connectivity index (χ3v) is 3.77. The minimum Gasteiger partial charge on any atom is -0.267 e. The molecule has 1 heterocycles. The molecule has 0 saturated carbocycles. The van der Waals surface area contributed by atoms with Crippen LogP contribution in [0, 0.1) is 3.57 Å². The minimum absolute atomic E-state index is 0.192. The normalized spacial score (nSPS) is 10.6. The molecule has 0 aliphatic heterocycles. The van der Waals surface area contributed by atoms with Gasteiger partial charge >= 0.3 is 0 Å². The van der Waals surface area contributed by atoms with Crippen molar-refractivity contribution in [2.24, 2.45) is 5.10 Å². The first-order chi connectivity index (χ1) is 8.27. The summed E-state index contributed by atoms with van der Waals surface area (Å²) in [5.41, 5.74) is 3.15. The third kappa shape index (κ3) is 3.37. The fraction of sp³-hybridized carbons (Fsp3) is 0. The monoisotopic (exact) mass is 356 g/mol. The summed E-state index contributed by atoms with van der Waals surface area (Å²) in [6.07, 6.45) is 1.64. The second-order valence-corrected chi connectivity index (χ2v) is 5.34. The van der Waals surface area contributed by atoms with Crippen LogP contribution in [0.3, 0.4) is 0 Å². The molecule has 0 radical (unpaired) electrons. The number of thiophene rings is 1. The fourth-order valence-corrected chi connectivity index (χ4v) is 2.44. The molecule has 0 atom stereocenters. The van der Waals surface area contributed by atoms with Crippen molar-refractivity contribution in [2.75, 3.05) is 0 Å². The lowest BCUT2D eigenvalue weighted by Crippen LogP contribution is -2.18. The molecule has 0 fully saturated rings. The van der Waals surface area contributed by atoms with Crippen LogP contribution in [0.4, 0.5) is 0 Å². The molecule has 2 rings (SSSR count). The lowest BCUT2D eigenvalue weighted by molar-refractivity contribution is 0.0954. The van der Waals surface area contributed by atoms with Crippen molar-refractivity contribution in [3.8, 4) is 0 Å². The SMILES string of the molecule is O=C(N/N=C\c1cccs1)c1ccccc1I. The van der Waals surface area contributed by atoms with Crippen molar-refractivity contribution in [1.82, 2.24) is 5.43 Å². The van der Waals surface area contributed by atoms with Crippen LogP contribution in [0.5, 0.6) is 0 Å². The molecule has 0 saturated heterocycles. The van der Waals surface area contributed by atoms with E-state index in [1.54, 1.807) is 23.6 Å². The zero-order valence-electron chi connectivity index (χ0n) is 8.76. The van der Waals surface area contributed by atoms with Crippen molar-refractivity contribution in [3.63, 3.8) is 0 Å². The first-order valence-corrected chi connectivity index (χ1v) is 6.84. The number of carbonyl (C=O) groups is 1. The number of hydrazone groups is 1. The Morgan fingerprint density at radius 1 is 1.29 bits per heavy atom. The van der Waals surface area contributed by atoms with E-state index in [4.69, 9.17) is 0 Å². The molecule has 86 valence electrons. The number of rotatable bonds is 3. The van der Waals surface area contributed by atoms with Gasteiger partial charge in [0.25, 0.3) is 5.91 Å². The number of amides is 1. The molecular weight excluding hydrogens is 347 g/mol. The highest BCUT2D eigenvalue weighted by molar-refractivity contribution is 14.1. The van der Waals surface area contributed by atoms with E-state index in [0.717, 1.165) is 8.45 Å². The molecule has 1 N–H and O–H groups in total. The van der Waals surface area contributed by atoms with Crippen LogP contribution in [-0.4, -0.2) is 12.1 Å². The molecule has 2 aromatic rings. The Bertz CT molecular complexity index is 537. The van der Waals surface area contributed by atoms with E-state index in [-0.39, 0.29) is 5.91 Å². The maximum Gasteiger partial charge on any atom is 0.272 e. The lowest BCUT2D eigenvalue weighted by Gasteiger charge is -2.01.